The number of ether oxygens (including phenoxy) is 2. The van der Waals surface area contributed by atoms with Crippen molar-refractivity contribution in [2.24, 2.45) is 0 Å². The summed E-state index contributed by atoms with van der Waals surface area (Å²) in [6, 6.07) is 20.4. The summed E-state index contributed by atoms with van der Waals surface area (Å²) in [6.45, 7) is 3.90. The van der Waals surface area contributed by atoms with E-state index < -0.39 is 0 Å². The molecule has 0 fully saturated rings. The van der Waals surface area contributed by atoms with Gasteiger partial charge in [0, 0.05) is 23.9 Å². The van der Waals surface area contributed by atoms with Crippen LogP contribution < -0.4 is 14.8 Å². The lowest BCUT2D eigenvalue weighted by atomic mass is 10.1. The summed E-state index contributed by atoms with van der Waals surface area (Å²) in [5, 5.41) is 15.6. The Hall–Kier alpha value is -4.20. The molecule has 8 heteroatoms. The van der Waals surface area contributed by atoms with Crippen LogP contribution in [0.5, 0.6) is 17.4 Å². The zero-order chi connectivity index (χ0) is 23.2. The third-order valence-electron chi connectivity index (χ3n) is 5.01. The average Bonchev–Trinajstić information content (AvgIpc) is 3.17. The van der Waals surface area contributed by atoms with Crippen molar-refractivity contribution in [3.8, 4) is 23.2 Å². The van der Waals surface area contributed by atoms with E-state index in [0.29, 0.717) is 36.0 Å². The molecule has 0 saturated heterocycles. The monoisotopic (exact) mass is 443 g/mol. The maximum absolute atomic E-state index is 12.3. The van der Waals surface area contributed by atoms with Crippen LogP contribution in [0.1, 0.15) is 23.4 Å². The molecule has 4 aromatic rings. The number of aryl methyl sites for hydroxylation is 3. The molecule has 0 radical (unpaired) electrons. The smallest absolute Gasteiger partial charge is 0.238 e. The van der Waals surface area contributed by atoms with E-state index in [1.807, 2.05) is 44.2 Å². The summed E-state index contributed by atoms with van der Waals surface area (Å²) in [5.41, 5.74) is 3.69. The van der Waals surface area contributed by atoms with Gasteiger partial charge in [-0.15, -0.1) is 10.2 Å². The minimum Gasteiger partial charge on any atom is -0.497 e. The number of aromatic nitrogens is 4. The Balaban J connectivity index is 1.29. The van der Waals surface area contributed by atoms with Gasteiger partial charge in [-0.1, -0.05) is 12.1 Å². The second-order valence-electron chi connectivity index (χ2n) is 7.59. The zero-order valence-electron chi connectivity index (χ0n) is 18.8. The van der Waals surface area contributed by atoms with Crippen LogP contribution in [-0.2, 0) is 11.2 Å². The number of nitrogens with zero attached hydrogens (tertiary/aromatic N) is 4. The number of carbonyl (C=O) groups excluding carboxylic acids is 1. The van der Waals surface area contributed by atoms with E-state index in [2.05, 4.69) is 20.6 Å². The van der Waals surface area contributed by atoms with Gasteiger partial charge in [-0.3, -0.25) is 4.79 Å². The SMILES string of the molecule is COc1ccc(CCC(=O)Nc2ccc(Oc3ccc(-n4nc(C)cc4C)nn3)cc2)cc1. The molecule has 8 nitrogen and oxygen atoms in total. The quantitative estimate of drug-likeness (QED) is 0.426. The third-order valence-corrected chi connectivity index (χ3v) is 5.01. The van der Waals surface area contributed by atoms with Crippen molar-refractivity contribution in [2.45, 2.75) is 26.7 Å². The van der Waals surface area contributed by atoms with Crippen molar-refractivity contribution in [2.75, 3.05) is 12.4 Å². The van der Waals surface area contributed by atoms with E-state index in [1.54, 1.807) is 48.2 Å². The Bertz CT molecular complexity index is 1220. The molecule has 168 valence electrons. The average molecular weight is 444 g/mol. The van der Waals surface area contributed by atoms with Gasteiger partial charge in [0.15, 0.2) is 5.82 Å². The fourth-order valence-electron chi connectivity index (χ4n) is 3.34. The molecular formula is C25H25N5O3. The van der Waals surface area contributed by atoms with E-state index in [4.69, 9.17) is 9.47 Å². The molecule has 0 aliphatic heterocycles. The molecule has 1 N–H and O–H groups in total. The molecule has 2 aromatic heterocycles. The summed E-state index contributed by atoms with van der Waals surface area (Å²) in [6.07, 6.45) is 1.05. The van der Waals surface area contributed by atoms with Crippen molar-refractivity contribution in [3.05, 3.63) is 83.7 Å². The third kappa shape index (κ3) is 5.74. The van der Waals surface area contributed by atoms with Crippen molar-refractivity contribution < 1.29 is 14.3 Å². The van der Waals surface area contributed by atoms with Gasteiger partial charge in [-0.25, -0.2) is 4.68 Å². The molecule has 0 spiro atoms. The largest absolute Gasteiger partial charge is 0.497 e. The normalized spacial score (nSPS) is 10.6. The van der Waals surface area contributed by atoms with Crippen molar-refractivity contribution in [1.29, 1.82) is 0 Å². The summed E-state index contributed by atoms with van der Waals surface area (Å²) < 4.78 is 12.6. The lowest BCUT2D eigenvalue weighted by molar-refractivity contribution is -0.116. The molecule has 1 amide bonds. The number of amides is 1. The Morgan fingerprint density at radius 2 is 1.67 bits per heavy atom. The standard InChI is InChI=1S/C25H25N5O3/c1-17-16-18(2)30(29-17)23-13-15-25(28-27-23)33-22-11-7-20(8-12-22)26-24(31)14-6-19-4-9-21(32-3)10-5-19/h4-5,7-13,15-16H,6,14H2,1-3H3,(H,26,31). The molecule has 2 aromatic carbocycles. The molecule has 0 aliphatic rings. The Labute approximate surface area is 192 Å². The van der Waals surface area contributed by atoms with Crippen LogP contribution in [0.2, 0.25) is 0 Å². The maximum Gasteiger partial charge on any atom is 0.238 e. The van der Waals surface area contributed by atoms with Gasteiger partial charge in [-0.2, -0.15) is 5.10 Å². The maximum atomic E-state index is 12.3. The van der Waals surface area contributed by atoms with Crippen molar-refractivity contribution in [1.82, 2.24) is 20.0 Å². The fraction of sp³-hybridized carbons (Fsp3) is 0.200. The van der Waals surface area contributed by atoms with E-state index in [-0.39, 0.29) is 5.91 Å². The Morgan fingerprint density at radius 3 is 2.27 bits per heavy atom. The lowest BCUT2D eigenvalue weighted by Crippen LogP contribution is -2.12. The summed E-state index contributed by atoms with van der Waals surface area (Å²) in [5.74, 6) is 2.34. The first-order valence-corrected chi connectivity index (χ1v) is 10.6. The first-order chi connectivity index (χ1) is 16.0. The van der Waals surface area contributed by atoms with Crippen molar-refractivity contribution >= 4 is 11.6 Å². The lowest BCUT2D eigenvalue weighted by Gasteiger charge is -2.08. The Morgan fingerprint density at radius 1 is 0.939 bits per heavy atom. The van der Waals surface area contributed by atoms with Crippen LogP contribution in [0.3, 0.4) is 0 Å². The molecule has 0 unspecified atom stereocenters. The first kappa shape index (κ1) is 22.0. The number of nitrogens with one attached hydrogen (secondary N) is 1. The minimum atomic E-state index is -0.0508. The number of anilines is 1. The highest BCUT2D eigenvalue weighted by molar-refractivity contribution is 5.90. The van der Waals surface area contributed by atoms with Gasteiger partial charge < -0.3 is 14.8 Å². The number of hydrogen-bond acceptors (Lipinski definition) is 6. The number of hydrogen-bond donors (Lipinski definition) is 1. The topological polar surface area (TPSA) is 91.2 Å². The van der Waals surface area contributed by atoms with E-state index in [1.165, 1.54) is 0 Å². The Kier molecular flexibility index (Phi) is 6.64. The number of methoxy groups -OCH3 is 1. The van der Waals surface area contributed by atoms with E-state index >= 15 is 0 Å². The zero-order valence-corrected chi connectivity index (χ0v) is 18.8. The van der Waals surface area contributed by atoms with Crippen LogP contribution in [0.25, 0.3) is 5.82 Å². The number of benzene rings is 2. The molecule has 0 bridgehead atoms. The highest BCUT2D eigenvalue weighted by Crippen LogP contribution is 2.22. The number of rotatable bonds is 8. The molecule has 33 heavy (non-hydrogen) atoms. The van der Waals surface area contributed by atoms with Gasteiger partial charge >= 0.3 is 0 Å². The molecule has 0 saturated carbocycles. The van der Waals surface area contributed by atoms with Gasteiger partial charge in [0.1, 0.15) is 11.5 Å². The van der Waals surface area contributed by atoms with Gasteiger partial charge in [0.05, 0.1) is 12.8 Å². The highest BCUT2D eigenvalue weighted by atomic mass is 16.5. The molecule has 0 aliphatic carbocycles. The molecular weight excluding hydrogens is 418 g/mol. The van der Waals surface area contributed by atoms with Crippen LogP contribution in [0.15, 0.2) is 66.7 Å². The molecule has 2 heterocycles. The van der Waals surface area contributed by atoms with E-state index in [0.717, 1.165) is 22.7 Å². The second kappa shape index (κ2) is 9.95. The van der Waals surface area contributed by atoms with E-state index in [9.17, 15) is 4.79 Å². The van der Waals surface area contributed by atoms with Crippen LogP contribution in [0.4, 0.5) is 5.69 Å². The predicted molar refractivity (Wildman–Crippen MR) is 125 cm³/mol. The van der Waals surface area contributed by atoms with Crippen molar-refractivity contribution in [3.63, 3.8) is 0 Å². The van der Waals surface area contributed by atoms with Gasteiger partial charge in [-0.05, 0) is 74.4 Å². The fourth-order valence-corrected chi connectivity index (χ4v) is 3.34. The molecule has 0 atom stereocenters. The van der Waals surface area contributed by atoms with Crippen LogP contribution in [0, 0.1) is 13.8 Å². The number of carbonyl (C=O) groups is 1. The van der Waals surface area contributed by atoms with Crippen LogP contribution >= 0.6 is 0 Å². The summed E-state index contributed by atoms with van der Waals surface area (Å²) in [4.78, 5) is 12.3. The predicted octanol–water partition coefficient (Wildman–Crippen LogP) is 4.65. The second-order valence-corrected chi connectivity index (χ2v) is 7.59. The van der Waals surface area contributed by atoms with Gasteiger partial charge in [0.25, 0.3) is 0 Å². The summed E-state index contributed by atoms with van der Waals surface area (Å²) in [7, 11) is 1.63. The highest BCUT2D eigenvalue weighted by Gasteiger charge is 2.08. The summed E-state index contributed by atoms with van der Waals surface area (Å²) >= 11 is 0. The minimum absolute atomic E-state index is 0.0508. The van der Waals surface area contributed by atoms with Gasteiger partial charge in [0.2, 0.25) is 11.8 Å². The molecule has 4 rings (SSSR count). The van der Waals surface area contributed by atoms with Crippen LogP contribution in [-0.4, -0.2) is 33.0 Å². The first-order valence-electron chi connectivity index (χ1n) is 10.6.